The summed E-state index contributed by atoms with van der Waals surface area (Å²) >= 11 is 0. The first-order valence-corrected chi connectivity index (χ1v) is 11.8. The van der Waals surface area contributed by atoms with Crippen LogP contribution in [-0.4, -0.2) is 48.9 Å². The van der Waals surface area contributed by atoms with Gasteiger partial charge in [-0.3, -0.25) is 9.59 Å². The molecule has 2 amide bonds. The van der Waals surface area contributed by atoms with Gasteiger partial charge >= 0.3 is 6.18 Å². The number of rotatable bonds is 11. The number of carbonyl (C=O) groups excluding carboxylic acids is 2. The molecule has 38 heavy (non-hydrogen) atoms. The quantitative estimate of drug-likeness (QED) is 0.347. The van der Waals surface area contributed by atoms with E-state index in [0.717, 1.165) is 17.7 Å². The van der Waals surface area contributed by atoms with Crippen molar-refractivity contribution in [1.82, 2.24) is 9.88 Å². The molecule has 3 aromatic rings. The second kappa shape index (κ2) is 12.9. The summed E-state index contributed by atoms with van der Waals surface area (Å²) in [5.74, 6) is 0.660. The Morgan fingerprint density at radius 2 is 1.74 bits per heavy atom. The second-order valence-corrected chi connectivity index (χ2v) is 8.75. The minimum atomic E-state index is -4.58. The van der Waals surface area contributed by atoms with Crippen molar-refractivity contribution >= 4 is 23.3 Å². The molecule has 0 unspecified atom stereocenters. The van der Waals surface area contributed by atoms with E-state index in [0.29, 0.717) is 30.3 Å². The summed E-state index contributed by atoms with van der Waals surface area (Å²) in [6, 6.07) is 13.5. The van der Waals surface area contributed by atoms with Crippen molar-refractivity contribution in [3.63, 3.8) is 0 Å². The van der Waals surface area contributed by atoms with E-state index in [2.05, 4.69) is 15.6 Å². The number of anilines is 2. The highest BCUT2D eigenvalue weighted by atomic mass is 19.4. The lowest BCUT2D eigenvalue weighted by Gasteiger charge is -2.15. The van der Waals surface area contributed by atoms with Gasteiger partial charge in [0, 0.05) is 43.9 Å². The first-order valence-electron chi connectivity index (χ1n) is 11.8. The largest absolute Gasteiger partial charge is 0.492 e. The number of alkyl halides is 3. The third-order valence-electron chi connectivity index (χ3n) is 5.14. The van der Waals surface area contributed by atoms with Crippen molar-refractivity contribution in [3.8, 4) is 17.2 Å². The zero-order chi connectivity index (χ0) is 27.7. The van der Waals surface area contributed by atoms with Crippen LogP contribution in [0, 0.1) is 0 Å². The molecule has 1 aromatic heterocycles. The first kappa shape index (κ1) is 28.5. The number of nitrogens with zero attached hydrogens (tertiary/aromatic N) is 2. The molecule has 0 spiro atoms. The van der Waals surface area contributed by atoms with Crippen molar-refractivity contribution in [2.75, 3.05) is 37.9 Å². The lowest BCUT2D eigenvalue weighted by Crippen LogP contribution is -2.20. The van der Waals surface area contributed by atoms with Crippen molar-refractivity contribution in [2.24, 2.45) is 0 Å². The summed E-state index contributed by atoms with van der Waals surface area (Å²) in [7, 11) is 3.65. The summed E-state index contributed by atoms with van der Waals surface area (Å²) in [5.41, 5.74) is -0.0993. The van der Waals surface area contributed by atoms with Gasteiger partial charge in [-0.25, -0.2) is 4.98 Å². The summed E-state index contributed by atoms with van der Waals surface area (Å²) in [6.07, 6.45) is -2.71. The number of carbonyl (C=O) groups is 2. The van der Waals surface area contributed by atoms with Crippen LogP contribution in [0.5, 0.6) is 17.2 Å². The van der Waals surface area contributed by atoms with Gasteiger partial charge in [-0.1, -0.05) is 12.1 Å². The van der Waals surface area contributed by atoms with Crippen LogP contribution in [-0.2, 0) is 22.2 Å². The fourth-order valence-corrected chi connectivity index (χ4v) is 3.37. The Morgan fingerprint density at radius 3 is 2.45 bits per heavy atom. The molecule has 0 radical (unpaired) electrons. The molecule has 0 saturated carbocycles. The Bertz CT molecular complexity index is 1270. The standard InChI is InChI=1S/C27H29F3N4O4/c1-18(35)32-25-17-23(9-10-31-25)38-22-6-4-5-19(13-22)7-8-26(36)33-21-14-20(27(28,29)30)15-24(16-21)37-12-11-34(2)3/h4-6,9-10,13-17H,7-8,11-12H2,1-3H3,(H,33,36)(H,31,32,35). The number of likely N-dealkylation sites (N-methyl/N-ethyl adjacent to an activating group) is 1. The lowest BCUT2D eigenvalue weighted by atomic mass is 10.1. The number of aryl methyl sites for hydroxylation is 1. The van der Waals surface area contributed by atoms with Gasteiger partial charge in [0.05, 0.1) is 5.56 Å². The fraction of sp³-hybridized carbons (Fsp3) is 0.296. The predicted octanol–water partition coefficient (Wildman–Crippen LogP) is 5.36. The number of halogens is 3. The van der Waals surface area contributed by atoms with Gasteiger partial charge in [0.2, 0.25) is 11.8 Å². The molecule has 2 N–H and O–H groups in total. The number of ether oxygens (including phenoxy) is 2. The van der Waals surface area contributed by atoms with Crippen molar-refractivity contribution in [3.05, 3.63) is 71.9 Å². The first-order chi connectivity index (χ1) is 18.0. The second-order valence-electron chi connectivity index (χ2n) is 8.75. The van der Waals surface area contributed by atoms with Crippen LogP contribution in [0.2, 0.25) is 0 Å². The Balaban J connectivity index is 1.62. The van der Waals surface area contributed by atoms with E-state index in [1.807, 2.05) is 25.1 Å². The minimum Gasteiger partial charge on any atom is -0.492 e. The molecule has 2 aromatic carbocycles. The molecule has 3 rings (SSSR count). The van der Waals surface area contributed by atoms with Crippen molar-refractivity contribution in [1.29, 1.82) is 0 Å². The monoisotopic (exact) mass is 530 g/mol. The smallest absolute Gasteiger partial charge is 0.416 e. The number of amides is 2. The summed E-state index contributed by atoms with van der Waals surface area (Å²) in [5, 5.41) is 5.12. The summed E-state index contributed by atoms with van der Waals surface area (Å²) in [4.78, 5) is 29.7. The molecule has 0 saturated heterocycles. The molecule has 0 atom stereocenters. The average Bonchev–Trinajstić information content (AvgIpc) is 2.82. The SMILES string of the molecule is CC(=O)Nc1cc(Oc2cccc(CCC(=O)Nc3cc(OCCN(C)C)cc(C(F)(F)F)c3)c2)ccn1. The minimum absolute atomic E-state index is 0.00873. The summed E-state index contributed by atoms with van der Waals surface area (Å²) < 4.78 is 51.4. The zero-order valence-corrected chi connectivity index (χ0v) is 21.3. The molecule has 202 valence electrons. The van der Waals surface area contributed by atoms with Gasteiger partial charge in [-0.2, -0.15) is 13.2 Å². The van der Waals surface area contributed by atoms with Crippen LogP contribution in [0.15, 0.2) is 60.8 Å². The highest BCUT2D eigenvalue weighted by Crippen LogP contribution is 2.34. The van der Waals surface area contributed by atoms with Crippen LogP contribution in [0.3, 0.4) is 0 Å². The molecule has 0 aliphatic rings. The van der Waals surface area contributed by atoms with Gasteiger partial charge in [-0.05, 0) is 56.4 Å². The predicted molar refractivity (Wildman–Crippen MR) is 138 cm³/mol. The van der Waals surface area contributed by atoms with Gasteiger partial charge in [-0.15, -0.1) is 0 Å². The van der Waals surface area contributed by atoms with E-state index in [9.17, 15) is 22.8 Å². The van der Waals surface area contributed by atoms with E-state index in [1.54, 1.807) is 30.3 Å². The third kappa shape index (κ3) is 9.40. The Morgan fingerprint density at radius 1 is 0.974 bits per heavy atom. The number of aromatic nitrogens is 1. The van der Waals surface area contributed by atoms with E-state index >= 15 is 0 Å². The fourth-order valence-electron chi connectivity index (χ4n) is 3.37. The summed E-state index contributed by atoms with van der Waals surface area (Å²) in [6.45, 7) is 2.10. The Kier molecular flexibility index (Phi) is 9.66. The molecule has 8 nitrogen and oxygen atoms in total. The highest BCUT2D eigenvalue weighted by Gasteiger charge is 2.31. The number of benzene rings is 2. The van der Waals surface area contributed by atoms with Crippen LogP contribution in [0.4, 0.5) is 24.7 Å². The molecule has 1 heterocycles. The molecular formula is C27H29F3N4O4. The van der Waals surface area contributed by atoms with Gasteiger partial charge in [0.1, 0.15) is 29.7 Å². The third-order valence-corrected chi connectivity index (χ3v) is 5.14. The van der Waals surface area contributed by atoms with E-state index in [1.165, 1.54) is 19.2 Å². The Labute approximate surface area is 218 Å². The number of nitrogens with one attached hydrogen (secondary N) is 2. The number of pyridine rings is 1. The van der Waals surface area contributed by atoms with Crippen LogP contribution in [0.25, 0.3) is 0 Å². The number of hydrogen-bond acceptors (Lipinski definition) is 6. The van der Waals surface area contributed by atoms with Gasteiger partial charge in [0.25, 0.3) is 0 Å². The topological polar surface area (TPSA) is 92.8 Å². The van der Waals surface area contributed by atoms with Crippen molar-refractivity contribution < 1.29 is 32.2 Å². The highest BCUT2D eigenvalue weighted by molar-refractivity contribution is 5.91. The number of hydrogen-bond donors (Lipinski definition) is 2. The maximum Gasteiger partial charge on any atom is 0.416 e. The lowest BCUT2D eigenvalue weighted by molar-refractivity contribution is -0.137. The molecule has 0 aliphatic carbocycles. The molecular weight excluding hydrogens is 501 g/mol. The van der Waals surface area contributed by atoms with E-state index < -0.39 is 17.6 Å². The van der Waals surface area contributed by atoms with E-state index in [4.69, 9.17) is 9.47 Å². The van der Waals surface area contributed by atoms with Crippen LogP contribution < -0.4 is 20.1 Å². The molecule has 0 bridgehead atoms. The van der Waals surface area contributed by atoms with Crippen LogP contribution in [0.1, 0.15) is 24.5 Å². The molecule has 0 aliphatic heterocycles. The molecule has 0 fully saturated rings. The molecule has 11 heteroatoms. The maximum absolute atomic E-state index is 13.4. The zero-order valence-electron chi connectivity index (χ0n) is 21.3. The van der Waals surface area contributed by atoms with Crippen LogP contribution >= 0.6 is 0 Å². The van der Waals surface area contributed by atoms with Crippen molar-refractivity contribution in [2.45, 2.75) is 25.9 Å². The van der Waals surface area contributed by atoms with Gasteiger partial charge in [0.15, 0.2) is 0 Å². The normalized spacial score (nSPS) is 11.2. The Hall–Kier alpha value is -4.12. The maximum atomic E-state index is 13.4. The van der Waals surface area contributed by atoms with E-state index in [-0.39, 0.29) is 30.4 Å². The average molecular weight is 531 g/mol. The van der Waals surface area contributed by atoms with Gasteiger partial charge < -0.3 is 25.0 Å².